The topological polar surface area (TPSA) is 43.6 Å². The van der Waals surface area contributed by atoms with Gasteiger partial charge in [-0.3, -0.25) is 0 Å². The zero-order valence-electron chi connectivity index (χ0n) is 7.98. The molecule has 0 spiro atoms. The smallest absolute Gasteiger partial charge is 0.155 e. The minimum Gasteiger partial charge on any atom is -0.232 e. The Morgan fingerprint density at radius 3 is 2.67 bits per heavy atom. The average molecular weight is 243 g/mol. The summed E-state index contributed by atoms with van der Waals surface area (Å²) in [6.07, 6.45) is 0.639. The van der Waals surface area contributed by atoms with Crippen LogP contribution in [0.15, 0.2) is 18.2 Å². The Bertz CT molecular complexity index is 481. The first-order valence-corrected chi connectivity index (χ1v) is 5.07. The van der Waals surface area contributed by atoms with Gasteiger partial charge in [0.25, 0.3) is 0 Å². The molecule has 0 fully saturated rings. The van der Waals surface area contributed by atoms with Crippen LogP contribution >= 0.6 is 23.2 Å². The van der Waals surface area contributed by atoms with E-state index in [1.165, 1.54) is 0 Å². The standard InChI is InChI=1S/C9H8Cl2N4/c1-15-9(12-13-14-15)5-6-2-3-7(10)8(11)4-6/h2-4H,5H2,1H3. The van der Waals surface area contributed by atoms with Crippen molar-refractivity contribution < 1.29 is 0 Å². The molecule has 0 bridgehead atoms. The van der Waals surface area contributed by atoms with Crippen molar-refractivity contribution in [3.63, 3.8) is 0 Å². The predicted molar refractivity (Wildman–Crippen MR) is 58.1 cm³/mol. The van der Waals surface area contributed by atoms with Crippen LogP contribution in [0.2, 0.25) is 10.0 Å². The molecule has 0 saturated carbocycles. The summed E-state index contributed by atoms with van der Waals surface area (Å²) in [7, 11) is 1.80. The van der Waals surface area contributed by atoms with E-state index in [1.54, 1.807) is 17.8 Å². The molecule has 6 heteroatoms. The molecular formula is C9H8Cl2N4. The van der Waals surface area contributed by atoms with Gasteiger partial charge in [-0.25, -0.2) is 4.68 Å². The van der Waals surface area contributed by atoms with Gasteiger partial charge in [0, 0.05) is 13.5 Å². The van der Waals surface area contributed by atoms with E-state index >= 15 is 0 Å². The molecule has 0 N–H and O–H groups in total. The summed E-state index contributed by atoms with van der Waals surface area (Å²) in [5, 5.41) is 12.3. The van der Waals surface area contributed by atoms with Crippen LogP contribution in [0.4, 0.5) is 0 Å². The molecule has 2 rings (SSSR count). The molecule has 1 heterocycles. The lowest BCUT2D eigenvalue weighted by atomic mass is 10.1. The first-order valence-electron chi connectivity index (χ1n) is 4.32. The van der Waals surface area contributed by atoms with Crippen LogP contribution in [-0.4, -0.2) is 20.2 Å². The molecule has 0 amide bonds. The highest BCUT2D eigenvalue weighted by Crippen LogP contribution is 2.23. The molecule has 1 aromatic carbocycles. The fraction of sp³-hybridized carbons (Fsp3) is 0.222. The van der Waals surface area contributed by atoms with Crippen molar-refractivity contribution in [1.29, 1.82) is 0 Å². The number of hydrogen-bond acceptors (Lipinski definition) is 3. The molecule has 15 heavy (non-hydrogen) atoms. The number of hydrogen-bond donors (Lipinski definition) is 0. The minimum absolute atomic E-state index is 0.546. The first kappa shape index (κ1) is 10.4. The van der Waals surface area contributed by atoms with E-state index in [4.69, 9.17) is 23.2 Å². The van der Waals surface area contributed by atoms with Crippen molar-refractivity contribution in [1.82, 2.24) is 20.2 Å². The van der Waals surface area contributed by atoms with Crippen LogP contribution in [0, 0.1) is 0 Å². The number of nitrogens with zero attached hydrogens (tertiary/aromatic N) is 4. The highest BCUT2D eigenvalue weighted by Gasteiger charge is 2.05. The van der Waals surface area contributed by atoms with Gasteiger partial charge in [0.1, 0.15) is 0 Å². The van der Waals surface area contributed by atoms with Crippen LogP contribution in [0.5, 0.6) is 0 Å². The molecular weight excluding hydrogens is 235 g/mol. The van der Waals surface area contributed by atoms with Gasteiger partial charge in [0.15, 0.2) is 5.82 Å². The maximum Gasteiger partial charge on any atom is 0.155 e. The van der Waals surface area contributed by atoms with Gasteiger partial charge in [-0.2, -0.15) is 0 Å². The fourth-order valence-electron chi connectivity index (χ4n) is 1.23. The highest BCUT2D eigenvalue weighted by molar-refractivity contribution is 6.42. The number of aryl methyl sites for hydroxylation is 1. The van der Waals surface area contributed by atoms with Crippen molar-refractivity contribution in [3.8, 4) is 0 Å². The molecule has 0 unspecified atom stereocenters. The van der Waals surface area contributed by atoms with Gasteiger partial charge in [-0.15, -0.1) is 5.10 Å². The summed E-state index contributed by atoms with van der Waals surface area (Å²) in [4.78, 5) is 0. The Hall–Kier alpha value is -1.13. The SMILES string of the molecule is Cn1nnnc1Cc1ccc(Cl)c(Cl)c1. The summed E-state index contributed by atoms with van der Waals surface area (Å²) >= 11 is 11.7. The van der Waals surface area contributed by atoms with E-state index in [2.05, 4.69) is 15.5 Å². The first-order chi connectivity index (χ1) is 7.16. The Kier molecular flexibility index (Phi) is 2.88. The van der Waals surface area contributed by atoms with Gasteiger partial charge >= 0.3 is 0 Å². The van der Waals surface area contributed by atoms with Gasteiger partial charge in [-0.05, 0) is 28.1 Å². The average Bonchev–Trinajstić information content (AvgIpc) is 2.59. The molecule has 4 nitrogen and oxygen atoms in total. The van der Waals surface area contributed by atoms with Crippen molar-refractivity contribution >= 4 is 23.2 Å². The van der Waals surface area contributed by atoms with Gasteiger partial charge in [0.2, 0.25) is 0 Å². The monoisotopic (exact) mass is 242 g/mol. The third-order valence-corrected chi connectivity index (χ3v) is 2.79. The molecule has 0 saturated heterocycles. The maximum atomic E-state index is 5.90. The fourth-order valence-corrected chi connectivity index (χ4v) is 1.55. The second-order valence-electron chi connectivity index (χ2n) is 3.14. The molecule has 0 aliphatic rings. The van der Waals surface area contributed by atoms with Crippen molar-refractivity contribution in [2.45, 2.75) is 6.42 Å². The summed E-state index contributed by atoms with van der Waals surface area (Å²) in [6.45, 7) is 0. The van der Waals surface area contributed by atoms with Crippen LogP contribution in [0.3, 0.4) is 0 Å². The van der Waals surface area contributed by atoms with Gasteiger partial charge in [-0.1, -0.05) is 29.3 Å². The van der Waals surface area contributed by atoms with Crippen molar-refractivity contribution in [2.24, 2.45) is 7.05 Å². The number of aromatic nitrogens is 4. The van der Waals surface area contributed by atoms with Gasteiger partial charge in [0.05, 0.1) is 10.0 Å². The van der Waals surface area contributed by atoms with Crippen molar-refractivity contribution in [2.75, 3.05) is 0 Å². The lowest BCUT2D eigenvalue weighted by Crippen LogP contribution is -2.00. The number of rotatable bonds is 2. The molecule has 0 aliphatic carbocycles. The Balaban J connectivity index is 2.25. The lowest BCUT2D eigenvalue weighted by molar-refractivity contribution is 0.686. The minimum atomic E-state index is 0.546. The highest BCUT2D eigenvalue weighted by atomic mass is 35.5. The van der Waals surface area contributed by atoms with E-state index in [0.29, 0.717) is 16.5 Å². The summed E-state index contributed by atoms with van der Waals surface area (Å²) < 4.78 is 1.63. The summed E-state index contributed by atoms with van der Waals surface area (Å²) in [5.41, 5.74) is 1.03. The quantitative estimate of drug-likeness (QED) is 0.811. The van der Waals surface area contributed by atoms with Crippen molar-refractivity contribution in [3.05, 3.63) is 39.6 Å². The lowest BCUT2D eigenvalue weighted by Gasteiger charge is -2.01. The summed E-state index contributed by atoms with van der Waals surface area (Å²) in [6, 6.07) is 5.49. The molecule has 2 aromatic rings. The largest absolute Gasteiger partial charge is 0.232 e. The van der Waals surface area contributed by atoms with E-state index in [0.717, 1.165) is 11.4 Å². The number of halogens is 2. The van der Waals surface area contributed by atoms with E-state index < -0.39 is 0 Å². The second-order valence-corrected chi connectivity index (χ2v) is 3.96. The Labute approximate surface area is 96.8 Å². The van der Waals surface area contributed by atoms with Crippen LogP contribution in [0.1, 0.15) is 11.4 Å². The third-order valence-electron chi connectivity index (χ3n) is 2.05. The van der Waals surface area contributed by atoms with E-state index in [1.807, 2.05) is 12.1 Å². The summed E-state index contributed by atoms with van der Waals surface area (Å²) in [5.74, 6) is 0.786. The molecule has 1 aromatic heterocycles. The van der Waals surface area contributed by atoms with Crippen LogP contribution < -0.4 is 0 Å². The third kappa shape index (κ3) is 2.27. The van der Waals surface area contributed by atoms with Crippen LogP contribution in [-0.2, 0) is 13.5 Å². The zero-order valence-corrected chi connectivity index (χ0v) is 9.50. The molecule has 78 valence electrons. The second kappa shape index (κ2) is 4.16. The molecule has 0 radical (unpaired) electrons. The predicted octanol–water partition coefficient (Wildman–Crippen LogP) is 2.11. The Morgan fingerprint density at radius 1 is 1.27 bits per heavy atom. The van der Waals surface area contributed by atoms with E-state index in [9.17, 15) is 0 Å². The maximum absolute atomic E-state index is 5.90. The molecule has 0 aliphatic heterocycles. The zero-order chi connectivity index (χ0) is 10.8. The van der Waals surface area contributed by atoms with Crippen LogP contribution in [0.25, 0.3) is 0 Å². The Morgan fingerprint density at radius 2 is 2.07 bits per heavy atom. The normalized spacial score (nSPS) is 10.6. The number of benzene rings is 1. The van der Waals surface area contributed by atoms with E-state index in [-0.39, 0.29) is 0 Å². The molecule has 0 atom stereocenters. The number of tetrazole rings is 1. The van der Waals surface area contributed by atoms with Gasteiger partial charge < -0.3 is 0 Å².